The highest BCUT2D eigenvalue weighted by Crippen LogP contribution is 2.48. The number of benzene rings is 2. The zero-order valence-electron chi connectivity index (χ0n) is 28.7. The summed E-state index contributed by atoms with van der Waals surface area (Å²) in [6.45, 7) is 4.74. The maximum absolute atomic E-state index is 17.2. The van der Waals surface area contributed by atoms with Gasteiger partial charge in [0.15, 0.2) is 5.82 Å². The molecule has 2 aromatic heterocycles. The summed E-state index contributed by atoms with van der Waals surface area (Å²) in [5.41, 5.74) is 6.12. The van der Waals surface area contributed by atoms with Gasteiger partial charge in [0.1, 0.15) is 41.0 Å². The lowest BCUT2D eigenvalue weighted by Gasteiger charge is -2.53. The van der Waals surface area contributed by atoms with Gasteiger partial charge in [-0.2, -0.15) is 15.2 Å². The summed E-state index contributed by atoms with van der Waals surface area (Å²) in [6.07, 6.45) is 6.92. The van der Waals surface area contributed by atoms with Gasteiger partial charge in [-0.3, -0.25) is 9.69 Å². The maximum atomic E-state index is 17.2. The lowest BCUT2D eigenvalue weighted by atomic mass is 9.73. The van der Waals surface area contributed by atoms with Crippen molar-refractivity contribution in [3.63, 3.8) is 0 Å². The van der Waals surface area contributed by atoms with Crippen LogP contribution in [0.15, 0.2) is 18.2 Å². The number of aromatic nitrogens is 2. The predicted molar refractivity (Wildman–Crippen MR) is 195 cm³/mol. The van der Waals surface area contributed by atoms with Crippen molar-refractivity contribution in [2.24, 2.45) is 11.3 Å². The number of anilines is 2. The molecule has 1 spiro atoms. The van der Waals surface area contributed by atoms with E-state index < -0.39 is 23.7 Å². The largest absolute Gasteiger partial charge is 0.461 e. The van der Waals surface area contributed by atoms with Crippen LogP contribution < -0.4 is 15.4 Å². The number of amides is 1. The van der Waals surface area contributed by atoms with Gasteiger partial charge in [0.05, 0.1) is 26.7 Å². The molecule has 14 heteroatoms. The van der Waals surface area contributed by atoms with Crippen LogP contribution in [0.2, 0.25) is 5.02 Å². The van der Waals surface area contributed by atoms with Crippen molar-refractivity contribution in [2.75, 3.05) is 56.5 Å². The number of nitrogen functional groups attached to an aromatic ring is 1. The second-order valence-corrected chi connectivity index (χ2v) is 17.0. The summed E-state index contributed by atoms with van der Waals surface area (Å²) in [6, 6.07) is 6.41. The van der Waals surface area contributed by atoms with Crippen LogP contribution in [-0.4, -0.2) is 83.3 Å². The van der Waals surface area contributed by atoms with Crippen molar-refractivity contribution in [3.05, 3.63) is 40.4 Å². The number of nitriles is 1. The van der Waals surface area contributed by atoms with Crippen molar-refractivity contribution in [3.8, 4) is 23.2 Å². The first-order chi connectivity index (χ1) is 25.1. The van der Waals surface area contributed by atoms with E-state index in [0.29, 0.717) is 56.8 Å². The second kappa shape index (κ2) is 12.6. The smallest absolute Gasteiger partial charge is 0.319 e. The van der Waals surface area contributed by atoms with Crippen molar-refractivity contribution in [2.45, 2.75) is 69.5 Å². The van der Waals surface area contributed by atoms with Gasteiger partial charge in [0, 0.05) is 47.9 Å². The van der Waals surface area contributed by atoms with E-state index in [9.17, 15) is 18.8 Å². The van der Waals surface area contributed by atoms with Crippen LogP contribution in [0.25, 0.3) is 32.1 Å². The highest BCUT2D eigenvalue weighted by molar-refractivity contribution is 7.23. The molecule has 52 heavy (non-hydrogen) atoms. The minimum Gasteiger partial charge on any atom is -0.461 e. The molecule has 4 aromatic rings. The van der Waals surface area contributed by atoms with Crippen molar-refractivity contribution in [1.82, 2.24) is 19.8 Å². The molecule has 5 fully saturated rings. The van der Waals surface area contributed by atoms with Gasteiger partial charge >= 0.3 is 6.01 Å². The number of ether oxygens (including phenoxy) is 1. The number of nitrogens with two attached hydrogens (primary N) is 1. The molecule has 1 saturated carbocycles. The fraction of sp³-hybridized carbons (Fsp3) is 0.526. The highest BCUT2D eigenvalue weighted by atomic mass is 35.5. The minimum atomic E-state index is -1.06. The highest BCUT2D eigenvalue weighted by Gasteiger charge is 2.51. The quantitative estimate of drug-likeness (QED) is 0.216. The number of likely N-dealkylation sites (tertiary alicyclic amines) is 1. The number of nitrogens with zero attached hydrogens (tertiary/aromatic N) is 6. The summed E-state index contributed by atoms with van der Waals surface area (Å²) in [4.78, 5) is 29.1. The fourth-order valence-corrected chi connectivity index (χ4v) is 10.8. The maximum Gasteiger partial charge on any atom is 0.319 e. The number of halogens is 4. The molecule has 6 heterocycles. The Hall–Kier alpha value is -3.86. The normalized spacial score (nSPS) is 23.8. The zero-order valence-corrected chi connectivity index (χ0v) is 30.3. The van der Waals surface area contributed by atoms with E-state index in [1.807, 2.05) is 0 Å². The fourth-order valence-electron chi connectivity index (χ4n) is 9.58. The zero-order chi connectivity index (χ0) is 35.9. The van der Waals surface area contributed by atoms with Crippen molar-refractivity contribution < 1.29 is 22.7 Å². The third-order valence-corrected chi connectivity index (χ3v) is 13.7. The van der Waals surface area contributed by atoms with E-state index in [4.69, 9.17) is 27.1 Å². The van der Waals surface area contributed by atoms with Gasteiger partial charge in [-0.1, -0.05) is 24.1 Å². The minimum absolute atomic E-state index is 0.00784. The third-order valence-electron chi connectivity index (χ3n) is 12.4. The third kappa shape index (κ3) is 5.30. The van der Waals surface area contributed by atoms with E-state index in [1.165, 1.54) is 12.1 Å². The number of fused-ring (bicyclic) bond motifs is 3. The SMILES string of the molecule is N#Cc1c(N)sc2c(F)ccc(-c3c(Cl)cc4c(N5CCCCC6(CN(C(=O)C7CCC7F)C6)C5)nc(OCC56CCCN5CCC6)nc4c3F)c12. The van der Waals surface area contributed by atoms with Gasteiger partial charge in [-0.15, -0.1) is 11.3 Å². The number of rotatable bonds is 6. The van der Waals surface area contributed by atoms with E-state index >= 15 is 4.39 Å². The predicted octanol–water partition coefficient (Wildman–Crippen LogP) is 7.47. The Kier molecular flexibility index (Phi) is 8.24. The molecule has 9 nitrogen and oxygen atoms in total. The molecule has 272 valence electrons. The molecule has 2 unspecified atom stereocenters. The summed E-state index contributed by atoms with van der Waals surface area (Å²) in [7, 11) is 0. The van der Waals surface area contributed by atoms with Gasteiger partial charge < -0.3 is 20.3 Å². The Morgan fingerprint density at radius 2 is 1.87 bits per heavy atom. The molecule has 0 bridgehead atoms. The first kappa shape index (κ1) is 33.9. The van der Waals surface area contributed by atoms with Crippen LogP contribution >= 0.6 is 22.9 Å². The Bertz CT molecular complexity index is 2160. The van der Waals surface area contributed by atoms with Crippen molar-refractivity contribution >= 4 is 60.7 Å². The number of carbonyl (C=O) groups excluding carboxylic acids is 1. The number of carbonyl (C=O) groups is 1. The summed E-state index contributed by atoms with van der Waals surface area (Å²) in [5.74, 6) is -1.43. The van der Waals surface area contributed by atoms with Gasteiger partial charge in [0.2, 0.25) is 5.91 Å². The molecular formula is C38H39ClF3N7O2S. The van der Waals surface area contributed by atoms with E-state index in [-0.39, 0.29) is 65.2 Å². The molecule has 1 amide bonds. The molecule has 2 atom stereocenters. The molecule has 2 aromatic carbocycles. The van der Waals surface area contributed by atoms with Crippen LogP contribution in [0, 0.1) is 34.3 Å². The molecule has 1 aliphatic carbocycles. The van der Waals surface area contributed by atoms with Crippen LogP contribution in [0.5, 0.6) is 6.01 Å². The molecule has 2 N–H and O–H groups in total. The molecule has 5 aliphatic rings. The number of alkyl halides is 1. The van der Waals surface area contributed by atoms with Crippen LogP contribution in [0.1, 0.15) is 63.4 Å². The van der Waals surface area contributed by atoms with Gasteiger partial charge in [0.25, 0.3) is 0 Å². The lowest BCUT2D eigenvalue weighted by molar-refractivity contribution is -0.154. The van der Waals surface area contributed by atoms with E-state index in [0.717, 1.165) is 69.4 Å². The summed E-state index contributed by atoms with van der Waals surface area (Å²) in [5, 5.41) is 10.7. The average Bonchev–Trinajstić information content (AvgIpc) is 3.74. The van der Waals surface area contributed by atoms with E-state index in [1.54, 1.807) is 11.0 Å². The summed E-state index contributed by atoms with van der Waals surface area (Å²) >= 11 is 7.89. The van der Waals surface area contributed by atoms with Gasteiger partial charge in [-0.25, -0.2) is 13.2 Å². The standard InChI is InChI=1S/C38H39ClF3N7O2S/c39-25-15-23-31(30(42)29(25)22-6-8-27(41)32-28(22)24(16-43)33(44)52-32)45-36(51-20-38-10-3-13-49(38)14-4-11-38)46-34(23)47-12-2-1-9-37(17-47)18-48(19-37)35(50)21-5-7-26(21)40/h6,8,15,21,26H,1-5,7,9-14,17-20,44H2. The Morgan fingerprint density at radius 3 is 2.58 bits per heavy atom. The number of hydrogen-bond acceptors (Lipinski definition) is 9. The topological polar surface area (TPSA) is 112 Å². The van der Waals surface area contributed by atoms with Crippen molar-refractivity contribution in [1.29, 1.82) is 5.26 Å². The lowest BCUT2D eigenvalue weighted by Crippen LogP contribution is -2.64. The van der Waals surface area contributed by atoms with E-state index in [2.05, 4.69) is 20.9 Å². The van der Waals surface area contributed by atoms with Crippen LogP contribution in [0.4, 0.5) is 24.0 Å². The van der Waals surface area contributed by atoms with Crippen LogP contribution in [-0.2, 0) is 4.79 Å². The molecule has 9 rings (SSSR count). The Morgan fingerprint density at radius 1 is 1.08 bits per heavy atom. The monoisotopic (exact) mass is 749 g/mol. The first-order valence-electron chi connectivity index (χ1n) is 18.3. The summed E-state index contributed by atoms with van der Waals surface area (Å²) < 4.78 is 52.9. The molecular weight excluding hydrogens is 711 g/mol. The first-order valence-corrected chi connectivity index (χ1v) is 19.5. The Balaban J connectivity index is 1.14. The molecule has 4 saturated heterocycles. The molecule has 0 radical (unpaired) electrons. The number of hydrogen-bond donors (Lipinski definition) is 1. The van der Waals surface area contributed by atoms with Gasteiger partial charge in [-0.05, 0) is 82.2 Å². The van der Waals surface area contributed by atoms with Crippen LogP contribution in [0.3, 0.4) is 0 Å². The molecule has 4 aliphatic heterocycles. The number of thiophene rings is 1. The average molecular weight is 750 g/mol. The second-order valence-electron chi connectivity index (χ2n) is 15.5. The Labute approximate surface area is 308 Å².